The molecule has 0 heterocycles. The molecule has 4 aliphatic rings. The first kappa shape index (κ1) is 34.0. The van der Waals surface area contributed by atoms with Crippen LogP contribution in [-0.2, 0) is 38.0 Å². The molecular formula is C39H49N3O5S. The van der Waals surface area contributed by atoms with Gasteiger partial charge in [-0.2, -0.15) is 0 Å². The molecule has 3 aromatic rings. The second-order valence-corrected chi connectivity index (χ2v) is 16.3. The van der Waals surface area contributed by atoms with E-state index >= 15 is 0 Å². The van der Waals surface area contributed by atoms with Gasteiger partial charge in [0, 0.05) is 19.5 Å². The quantitative estimate of drug-likeness (QED) is 0.224. The highest BCUT2D eigenvalue weighted by Crippen LogP contribution is 2.60. The van der Waals surface area contributed by atoms with Crippen LogP contribution in [0.4, 0.5) is 5.69 Å². The van der Waals surface area contributed by atoms with Crippen molar-refractivity contribution < 1.29 is 22.7 Å². The third kappa shape index (κ3) is 7.56. The largest absolute Gasteiger partial charge is 0.497 e. The van der Waals surface area contributed by atoms with Crippen molar-refractivity contribution in [1.82, 2.24) is 10.2 Å². The average Bonchev–Trinajstić information content (AvgIpc) is 3.07. The van der Waals surface area contributed by atoms with Gasteiger partial charge in [0.25, 0.3) is 0 Å². The molecule has 3 aromatic carbocycles. The molecule has 4 aliphatic carbocycles. The molecule has 0 aromatic heterocycles. The lowest BCUT2D eigenvalue weighted by Gasteiger charge is -2.57. The van der Waals surface area contributed by atoms with Crippen LogP contribution in [0.1, 0.15) is 68.6 Å². The van der Waals surface area contributed by atoms with E-state index in [1.807, 2.05) is 73.7 Å². The smallest absolute Gasteiger partial charge is 0.244 e. The monoisotopic (exact) mass is 671 g/mol. The third-order valence-corrected chi connectivity index (χ3v) is 11.9. The molecule has 1 N–H and O–H groups in total. The number of nitrogens with one attached hydrogen (secondary N) is 1. The Morgan fingerprint density at radius 2 is 1.52 bits per heavy atom. The van der Waals surface area contributed by atoms with Crippen LogP contribution in [-0.4, -0.2) is 57.6 Å². The summed E-state index contributed by atoms with van der Waals surface area (Å²) in [7, 11) is -2.26. The van der Waals surface area contributed by atoms with E-state index in [1.165, 1.54) is 53.3 Å². The maximum Gasteiger partial charge on any atom is 0.244 e. The standard InChI is InChI=1S/C39H49N3O5S/c1-4-17-40-38(44)36(22-28-9-6-5-7-10-28)41(26-29-11-8-12-35(21-29)47-2)37(43)27-42(48(3,45)46)34-15-13-33(14-16-34)39-23-30-18-31(24-39)20-32(19-30)25-39/h5-16,21,30-32,36H,4,17-20,22-27H2,1-3H3,(H,40,44)/t30?,31?,32?,36-,39?/m0/s1. The average molecular weight is 672 g/mol. The van der Waals surface area contributed by atoms with Crippen LogP contribution in [0.25, 0.3) is 0 Å². The summed E-state index contributed by atoms with van der Waals surface area (Å²) < 4.78 is 33.3. The molecule has 2 amide bonds. The zero-order chi connectivity index (χ0) is 33.9. The topological polar surface area (TPSA) is 96.0 Å². The molecule has 0 saturated heterocycles. The zero-order valence-corrected chi connectivity index (χ0v) is 29.3. The van der Waals surface area contributed by atoms with Gasteiger partial charge in [-0.05, 0) is 109 Å². The number of benzene rings is 3. The predicted octanol–water partition coefficient (Wildman–Crippen LogP) is 6.10. The maximum atomic E-state index is 14.4. The predicted molar refractivity (Wildman–Crippen MR) is 189 cm³/mol. The Kier molecular flexibility index (Phi) is 10.2. The molecule has 48 heavy (non-hydrogen) atoms. The normalized spacial score (nSPS) is 23.4. The number of carbonyl (C=O) groups excluding carboxylic acids is 2. The van der Waals surface area contributed by atoms with Crippen molar-refractivity contribution in [3.05, 3.63) is 95.6 Å². The van der Waals surface area contributed by atoms with Gasteiger partial charge < -0.3 is 15.0 Å². The van der Waals surface area contributed by atoms with Gasteiger partial charge in [0.1, 0.15) is 18.3 Å². The van der Waals surface area contributed by atoms with Gasteiger partial charge in [-0.3, -0.25) is 13.9 Å². The van der Waals surface area contributed by atoms with E-state index in [-0.39, 0.29) is 24.3 Å². The number of hydrogen-bond acceptors (Lipinski definition) is 5. The lowest BCUT2D eigenvalue weighted by molar-refractivity contribution is -0.140. The number of nitrogens with zero attached hydrogens (tertiary/aromatic N) is 2. The minimum Gasteiger partial charge on any atom is -0.497 e. The summed E-state index contributed by atoms with van der Waals surface area (Å²) >= 11 is 0. The molecule has 9 heteroatoms. The molecule has 1 atom stereocenters. The van der Waals surface area contributed by atoms with Gasteiger partial charge >= 0.3 is 0 Å². The summed E-state index contributed by atoms with van der Waals surface area (Å²) in [6.07, 6.45) is 9.88. The highest BCUT2D eigenvalue weighted by atomic mass is 32.2. The minimum absolute atomic E-state index is 0.107. The van der Waals surface area contributed by atoms with E-state index in [1.54, 1.807) is 7.11 Å². The summed E-state index contributed by atoms with van der Waals surface area (Å²) in [5, 5.41) is 2.98. The molecule has 4 bridgehead atoms. The van der Waals surface area contributed by atoms with Gasteiger partial charge in [-0.1, -0.05) is 61.5 Å². The fourth-order valence-corrected chi connectivity index (χ4v) is 9.80. The zero-order valence-electron chi connectivity index (χ0n) is 28.4. The van der Waals surface area contributed by atoms with Crippen molar-refractivity contribution in [3.8, 4) is 5.75 Å². The number of hydrogen-bond donors (Lipinski definition) is 1. The number of anilines is 1. The van der Waals surface area contributed by atoms with E-state index in [0.29, 0.717) is 18.0 Å². The van der Waals surface area contributed by atoms with Crippen LogP contribution in [0, 0.1) is 17.8 Å². The molecule has 256 valence electrons. The summed E-state index contributed by atoms with van der Waals surface area (Å²) in [6.45, 7) is 2.13. The minimum atomic E-state index is -3.84. The lowest BCUT2D eigenvalue weighted by Crippen LogP contribution is -2.53. The van der Waals surface area contributed by atoms with Gasteiger partial charge in [0.2, 0.25) is 21.8 Å². The molecule has 0 aliphatic heterocycles. The van der Waals surface area contributed by atoms with Gasteiger partial charge in [-0.15, -0.1) is 0 Å². The van der Waals surface area contributed by atoms with Gasteiger partial charge in [-0.25, -0.2) is 8.42 Å². The molecular weight excluding hydrogens is 623 g/mol. The summed E-state index contributed by atoms with van der Waals surface area (Å²) in [4.78, 5) is 29.7. The molecule has 4 saturated carbocycles. The van der Waals surface area contributed by atoms with Crippen LogP contribution in [0.15, 0.2) is 78.9 Å². The summed E-state index contributed by atoms with van der Waals surface area (Å²) in [5.74, 6) is 2.30. The number of sulfonamides is 1. The van der Waals surface area contributed by atoms with Crippen molar-refractivity contribution >= 4 is 27.5 Å². The van der Waals surface area contributed by atoms with Crippen LogP contribution in [0.2, 0.25) is 0 Å². The number of rotatable bonds is 14. The number of carbonyl (C=O) groups is 2. The van der Waals surface area contributed by atoms with E-state index in [2.05, 4.69) is 17.4 Å². The van der Waals surface area contributed by atoms with Crippen molar-refractivity contribution in [2.24, 2.45) is 17.8 Å². The Bertz CT molecular complexity index is 1660. The number of amides is 2. The molecule has 0 radical (unpaired) electrons. The maximum absolute atomic E-state index is 14.4. The van der Waals surface area contributed by atoms with Crippen molar-refractivity contribution in [3.63, 3.8) is 0 Å². The fourth-order valence-electron chi connectivity index (χ4n) is 8.95. The fraction of sp³-hybridized carbons (Fsp3) is 0.487. The Labute approximate surface area is 285 Å². The van der Waals surface area contributed by atoms with Crippen LogP contribution in [0.5, 0.6) is 5.75 Å². The molecule has 0 spiro atoms. The molecule has 7 rings (SSSR count). The summed E-state index contributed by atoms with van der Waals surface area (Å²) in [6, 6.07) is 24.0. The SMILES string of the molecule is CCCNC(=O)[C@H](Cc1ccccc1)N(Cc1cccc(OC)c1)C(=O)CN(c1ccc(C23CC4CC(CC(C4)C2)C3)cc1)S(C)(=O)=O. The number of methoxy groups -OCH3 is 1. The molecule has 4 fully saturated rings. The second kappa shape index (κ2) is 14.3. The highest BCUT2D eigenvalue weighted by Gasteiger charge is 2.51. The van der Waals surface area contributed by atoms with Crippen LogP contribution >= 0.6 is 0 Å². The van der Waals surface area contributed by atoms with E-state index < -0.39 is 28.5 Å². The Morgan fingerprint density at radius 3 is 2.10 bits per heavy atom. The van der Waals surface area contributed by atoms with Gasteiger partial charge in [0.05, 0.1) is 19.1 Å². The Morgan fingerprint density at radius 1 is 0.896 bits per heavy atom. The molecule has 0 unspecified atom stereocenters. The lowest BCUT2D eigenvalue weighted by atomic mass is 9.48. The third-order valence-electron chi connectivity index (χ3n) is 10.8. The van der Waals surface area contributed by atoms with Crippen molar-refractivity contribution in [2.45, 2.75) is 76.3 Å². The first-order valence-corrected chi connectivity index (χ1v) is 19.2. The van der Waals surface area contributed by atoms with Crippen molar-refractivity contribution in [2.75, 3.05) is 30.8 Å². The van der Waals surface area contributed by atoms with Crippen molar-refractivity contribution in [1.29, 1.82) is 0 Å². The van der Waals surface area contributed by atoms with E-state index in [9.17, 15) is 18.0 Å². The van der Waals surface area contributed by atoms with Crippen LogP contribution < -0.4 is 14.4 Å². The first-order valence-electron chi connectivity index (χ1n) is 17.4. The van der Waals surface area contributed by atoms with Crippen LogP contribution in [0.3, 0.4) is 0 Å². The first-order chi connectivity index (χ1) is 23.1. The second-order valence-electron chi connectivity index (χ2n) is 14.4. The Balaban J connectivity index is 1.30. The highest BCUT2D eigenvalue weighted by molar-refractivity contribution is 7.92. The van der Waals surface area contributed by atoms with E-state index in [4.69, 9.17) is 4.74 Å². The summed E-state index contributed by atoms with van der Waals surface area (Å²) in [5.41, 5.74) is 3.60. The Hall–Kier alpha value is -3.85. The number of ether oxygens (including phenoxy) is 1. The molecule has 8 nitrogen and oxygen atoms in total. The van der Waals surface area contributed by atoms with E-state index in [0.717, 1.165) is 41.6 Å². The van der Waals surface area contributed by atoms with Gasteiger partial charge in [0.15, 0.2) is 0 Å².